The molecule has 26 heavy (non-hydrogen) atoms. The lowest BCUT2D eigenvalue weighted by atomic mass is 10.1. The third-order valence-corrected chi connectivity index (χ3v) is 4.83. The molecule has 2 unspecified atom stereocenters. The predicted octanol–water partition coefficient (Wildman–Crippen LogP) is 2.95. The maximum Gasteiger partial charge on any atom is 0.228 e. The van der Waals surface area contributed by atoms with Crippen molar-refractivity contribution in [3.8, 4) is 0 Å². The summed E-state index contributed by atoms with van der Waals surface area (Å²) >= 11 is 0. The van der Waals surface area contributed by atoms with Crippen molar-refractivity contribution in [1.29, 1.82) is 0 Å². The van der Waals surface area contributed by atoms with Gasteiger partial charge in [-0.1, -0.05) is 24.3 Å². The van der Waals surface area contributed by atoms with Crippen molar-refractivity contribution >= 4 is 23.2 Å². The SMILES string of the molecule is Cc1ccccc1CNC(=O)C1CC1C(=O)Nc1ccc(N(C)C)cc1. The third kappa shape index (κ3) is 4.23. The molecule has 1 fully saturated rings. The van der Waals surface area contributed by atoms with Crippen LogP contribution < -0.4 is 15.5 Å². The second kappa shape index (κ2) is 7.60. The standard InChI is InChI=1S/C21H25N3O2/c1-14-6-4-5-7-15(14)13-22-20(25)18-12-19(18)21(26)23-16-8-10-17(11-9-16)24(2)3/h4-11,18-19H,12-13H2,1-3H3,(H,22,25)(H,23,26). The minimum absolute atomic E-state index is 0.0450. The number of carbonyl (C=O) groups excluding carboxylic acids is 2. The Morgan fingerprint density at radius 1 is 1.00 bits per heavy atom. The molecule has 0 bridgehead atoms. The molecule has 0 aliphatic heterocycles. The number of hydrogen-bond acceptors (Lipinski definition) is 3. The highest BCUT2D eigenvalue weighted by Gasteiger charge is 2.47. The van der Waals surface area contributed by atoms with Gasteiger partial charge in [-0.3, -0.25) is 9.59 Å². The average molecular weight is 351 g/mol. The van der Waals surface area contributed by atoms with Crippen LogP contribution in [0, 0.1) is 18.8 Å². The number of carbonyl (C=O) groups is 2. The minimum atomic E-state index is -0.236. The fourth-order valence-corrected chi connectivity index (χ4v) is 2.97. The number of hydrogen-bond donors (Lipinski definition) is 2. The number of benzene rings is 2. The summed E-state index contributed by atoms with van der Waals surface area (Å²) in [7, 11) is 3.94. The molecule has 136 valence electrons. The summed E-state index contributed by atoms with van der Waals surface area (Å²) in [4.78, 5) is 26.6. The van der Waals surface area contributed by atoms with Crippen LogP contribution in [0.3, 0.4) is 0 Å². The second-order valence-electron chi connectivity index (χ2n) is 7.02. The predicted molar refractivity (Wildman–Crippen MR) is 104 cm³/mol. The van der Waals surface area contributed by atoms with Gasteiger partial charge in [0.05, 0.1) is 11.8 Å². The van der Waals surface area contributed by atoms with Crippen LogP contribution in [-0.2, 0) is 16.1 Å². The van der Waals surface area contributed by atoms with Gasteiger partial charge in [0.15, 0.2) is 0 Å². The molecule has 2 aromatic carbocycles. The molecule has 1 saturated carbocycles. The van der Waals surface area contributed by atoms with Crippen LogP contribution in [-0.4, -0.2) is 25.9 Å². The Labute approximate surface area is 154 Å². The molecular formula is C21H25N3O2. The molecule has 1 aliphatic rings. The Morgan fingerprint density at radius 3 is 2.31 bits per heavy atom. The van der Waals surface area contributed by atoms with E-state index in [9.17, 15) is 9.59 Å². The van der Waals surface area contributed by atoms with Crippen LogP contribution in [0.1, 0.15) is 17.5 Å². The van der Waals surface area contributed by atoms with Gasteiger partial charge in [0, 0.05) is 32.0 Å². The van der Waals surface area contributed by atoms with Gasteiger partial charge in [-0.15, -0.1) is 0 Å². The van der Waals surface area contributed by atoms with Gasteiger partial charge in [-0.2, -0.15) is 0 Å². The molecule has 2 amide bonds. The highest BCUT2D eigenvalue weighted by molar-refractivity contribution is 5.99. The highest BCUT2D eigenvalue weighted by atomic mass is 16.2. The molecule has 1 aliphatic carbocycles. The number of rotatable bonds is 6. The maximum atomic E-state index is 12.3. The minimum Gasteiger partial charge on any atom is -0.378 e. The van der Waals surface area contributed by atoms with Crippen molar-refractivity contribution < 1.29 is 9.59 Å². The van der Waals surface area contributed by atoms with Crippen molar-refractivity contribution in [1.82, 2.24) is 5.32 Å². The maximum absolute atomic E-state index is 12.3. The molecule has 0 aromatic heterocycles. The highest BCUT2D eigenvalue weighted by Crippen LogP contribution is 2.39. The van der Waals surface area contributed by atoms with Gasteiger partial charge in [-0.05, 0) is 48.7 Å². The van der Waals surface area contributed by atoms with Crippen molar-refractivity contribution in [3.63, 3.8) is 0 Å². The molecule has 0 radical (unpaired) electrons. The first-order valence-corrected chi connectivity index (χ1v) is 8.86. The zero-order chi connectivity index (χ0) is 18.7. The lowest BCUT2D eigenvalue weighted by Crippen LogP contribution is -2.27. The van der Waals surface area contributed by atoms with Crippen LogP contribution in [0.25, 0.3) is 0 Å². The summed E-state index contributed by atoms with van der Waals surface area (Å²) in [5, 5.41) is 5.85. The number of nitrogens with one attached hydrogen (secondary N) is 2. The number of anilines is 2. The molecule has 2 atom stereocenters. The Balaban J connectivity index is 1.49. The average Bonchev–Trinajstić information content (AvgIpc) is 3.42. The molecule has 5 heteroatoms. The molecule has 3 rings (SSSR count). The lowest BCUT2D eigenvalue weighted by molar-refractivity contribution is -0.125. The van der Waals surface area contributed by atoms with Crippen molar-refractivity contribution in [2.75, 3.05) is 24.3 Å². The summed E-state index contributed by atoms with van der Waals surface area (Å²) < 4.78 is 0. The fraction of sp³-hybridized carbons (Fsp3) is 0.333. The van der Waals surface area contributed by atoms with E-state index < -0.39 is 0 Å². The first kappa shape index (κ1) is 18.0. The summed E-state index contributed by atoms with van der Waals surface area (Å²) in [6.07, 6.45) is 0.612. The topological polar surface area (TPSA) is 61.4 Å². The van der Waals surface area contributed by atoms with E-state index in [1.54, 1.807) is 0 Å². The van der Waals surface area contributed by atoms with E-state index >= 15 is 0 Å². The summed E-state index contributed by atoms with van der Waals surface area (Å²) in [5.41, 5.74) is 4.08. The number of nitrogens with zero attached hydrogens (tertiary/aromatic N) is 1. The Bertz CT molecular complexity index is 799. The molecule has 0 saturated heterocycles. The van der Waals surface area contributed by atoms with Crippen LogP contribution in [0.2, 0.25) is 0 Å². The van der Waals surface area contributed by atoms with Gasteiger partial charge >= 0.3 is 0 Å². The van der Waals surface area contributed by atoms with Gasteiger partial charge in [0.1, 0.15) is 0 Å². The molecule has 0 spiro atoms. The van der Waals surface area contributed by atoms with Crippen LogP contribution in [0.15, 0.2) is 48.5 Å². The monoisotopic (exact) mass is 351 g/mol. The van der Waals surface area contributed by atoms with E-state index in [2.05, 4.69) is 10.6 Å². The summed E-state index contributed by atoms with van der Waals surface area (Å²) in [6.45, 7) is 2.53. The lowest BCUT2D eigenvalue weighted by Gasteiger charge is -2.13. The summed E-state index contributed by atoms with van der Waals surface area (Å²) in [5.74, 6) is -0.588. The first-order valence-electron chi connectivity index (χ1n) is 8.86. The zero-order valence-electron chi connectivity index (χ0n) is 15.5. The molecular weight excluding hydrogens is 326 g/mol. The number of aryl methyl sites for hydroxylation is 1. The van der Waals surface area contributed by atoms with E-state index in [4.69, 9.17) is 0 Å². The van der Waals surface area contributed by atoms with Crippen LogP contribution >= 0.6 is 0 Å². The van der Waals surface area contributed by atoms with Crippen LogP contribution in [0.5, 0.6) is 0 Å². The van der Waals surface area contributed by atoms with E-state index in [1.165, 1.54) is 0 Å². The number of amides is 2. The van der Waals surface area contributed by atoms with Crippen molar-refractivity contribution in [2.24, 2.45) is 11.8 Å². The van der Waals surface area contributed by atoms with E-state index in [0.717, 1.165) is 22.5 Å². The summed E-state index contributed by atoms with van der Waals surface area (Å²) in [6, 6.07) is 15.6. The van der Waals surface area contributed by atoms with E-state index in [0.29, 0.717) is 13.0 Å². The van der Waals surface area contributed by atoms with Gasteiger partial charge in [0.2, 0.25) is 11.8 Å². The quantitative estimate of drug-likeness (QED) is 0.841. The molecule has 2 aromatic rings. The Kier molecular flexibility index (Phi) is 5.26. The normalized spacial score (nSPS) is 18.1. The van der Waals surface area contributed by atoms with E-state index in [1.807, 2.05) is 74.4 Å². The zero-order valence-corrected chi connectivity index (χ0v) is 15.5. The molecule has 0 heterocycles. The second-order valence-corrected chi connectivity index (χ2v) is 7.02. The Hall–Kier alpha value is -2.82. The smallest absolute Gasteiger partial charge is 0.228 e. The largest absolute Gasteiger partial charge is 0.378 e. The van der Waals surface area contributed by atoms with Crippen molar-refractivity contribution in [3.05, 3.63) is 59.7 Å². The van der Waals surface area contributed by atoms with E-state index in [-0.39, 0.29) is 23.7 Å². The molecule has 2 N–H and O–H groups in total. The van der Waals surface area contributed by atoms with Crippen LogP contribution in [0.4, 0.5) is 11.4 Å². The van der Waals surface area contributed by atoms with Gasteiger partial charge in [0.25, 0.3) is 0 Å². The third-order valence-electron chi connectivity index (χ3n) is 4.83. The van der Waals surface area contributed by atoms with Gasteiger partial charge in [-0.25, -0.2) is 0 Å². The fourth-order valence-electron chi connectivity index (χ4n) is 2.97. The first-order chi connectivity index (χ1) is 12.5. The van der Waals surface area contributed by atoms with Gasteiger partial charge < -0.3 is 15.5 Å². The Morgan fingerprint density at radius 2 is 1.65 bits per heavy atom. The molecule has 5 nitrogen and oxygen atoms in total. The van der Waals surface area contributed by atoms with Crippen molar-refractivity contribution in [2.45, 2.75) is 19.9 Å².